The van der Waals surface area contributed by atoms with Crippen molar-refractivity contribution in [1.29, 1.82) is 0 Å². The normalized spacial score (nSPS) is 9.00. The molecule has 0 radical (unpaired) electrons. The maximum atomic E-state index is 9.83. The molecule has 0 fully saturated rings. The van der Waals surface area contributed by atoms with Crippen LogP contribution in [0.4, 0.5) is 4.79 Å². The predicted molar refractivity (Wildman–Crippen MR) is 38.5 cm³/mol. The van der Waals surface area contributed by atoms with E-state index in [1.165, 1.54) is 11.9 Å². The molecule has 0 saturated heterocycles. The maximum Gasteiger partial charge on any atom is 0.414 e. The van der Waals surface area contributed by atoms with Gasteiger partial charge in [0.1, 0.15) is 0 Å². The number of nitrogens with one attached hydrogen (secondary N) is 1. The monoisotopic (exact) mass is 149 g/mol. The van der Waals surface area contributed by atoms with Gasteiger partial charge in [-0.3, -0.25) is 4.72 Å². The summed E-state index contributed by atoms with van der Waals surface area (Å²) in [5.41, 5.74) is 0. The van der Waals surface area contributed by atoms with E-state index in [0.717, 1.165) is 18.6 Å². The van der Waals surface area contributed by atoms with Gasteiger partial charge in [0.25, 0.3) is 0 Å². The lowest BCUT2D eigenvalue weighted by Crippen LogP contribution is -2.12. The molecule has 0 aliphatic heterocycles. The first-order chi connectivity index (χ1) is 4.27. The van der Waals surface area contributed by atoms with Gasteiger partial charge in [-0.1, -0.05) is 13.3 Å². The summed E-state index contributed by atoms with van der Waals surface area (Å²) in [4.78, 5) is 9.83. The highest BCUT2D eigenvalue weighted by molar-refractivity contribution is 7.97. The molecular weight excluding hydrogens is 138 g/mol. The number of hydrogen-bond acceptors (Lipinski definition) is 2. The molecule has 0 atom stereocenters. The molecule has 9 heavy (non-hydrogen) atoms. The van der Waals surface area contributed by atoms with Gasteiger partial charge >= 0.3 is 6.09 Å². The zero-order valence-electron chi connectivity index (χ0n) is 5.39. The second-order valence-corrected chi connectivity index (χ2v) is 2.51. The van der Waals surface area contributed by atoms with Crippen LogP contribution in [0.1, 0.15) is 19.8 Å². The van der Waals surface area contributed by atoms with Gasteiger partial charge in [0, 0.05) is 5.75 Å². The highest BCUT2D eigenvalue weighted by Gasteiger charge is 1.91. The molecule has 0 aromatic rings. The van der Waals surface area contributed by atoms with Gasteiger partial charge in [-0.05, 0) is 18.4 Å². The molecule has 0 saturated carbocycles. The lowest BCUT2D eigenvalue weighted by atomic mass is 10.4. The highest BCUT2D eigenvalue weighted by atomic mass is 32.2. The molecule has 0 heterocycles. The summed E-state index contributed by atoms with van der Waals surface area (Å²) in [5.74, 6) is 0.864. The molecule has 54 valence electrons. The van der Waals surface area contributed by atoms with Gasteiger partial charge in [0.2, 0.25) is 0 Å². The standard InChI is InChI=1S/C5H11NO2S/c1-2-3-4-9-6-5(7)8/h6H,2-4H2,1H3,(H,7,8). The van der Waals surface area contributed by atoms with Crippen molar-refractivity contribution in [3.63, 3.8) is 0 Å². The summed E-state index contributed by atoms with van der Waals surface area (Å²) in [6.45, 7) is 2.07. The first-order valence-corrected chi connectivity index (χ1v) is 3.86. The fraction of sp³-hybridized carbons (Fsp3) is 0.800. The Hall–Kier alpha value is -0.380. The van der Waals surface area contributed by atoms with Crippen molar-refractivity contribution in [3.8, 4) is 0 Å². The maximum absolute atomic E-state index is 9.83. The summed E-state index contributed by atoms with van der Waals surface area (Å²) in [5, 5.41) is 8.08. The Morgan fingerprint density at radius 1 is 1.78 bits per heavy atom. The molecule has 1 amide bonds. The highest BCUT2D eigenvalue weighted by Crippen LogP contribution is 1.97. The molecule has 0 unspecified atom stereocenters. The molecular formula is C5H11NO2S. The van der Waals surface area contributed by atoms with Crippen LogP contribution in [0.2, 0.25) is 0 Å². The largest absolute Gasteiger partial charge is 0.464 e. The fourth-order valence-corrected chi connectivity index (χ4v) is 0.988. The second-order valence-electron chi connectivity index (χ2n) is 1.61. The fourth-order valence-electron chi connectivity index (χ4n) is 0.329. The van der Waals surface area contributed by atoms with Crippen LogP contribution in [-0.4, -0.2) is 17.0 Å². The van der Waals surface area contributed by atoms with Crippen molar-refractivity contribution in [2.45, 2.75) is 19.8 Å². The summed E-state index contributed by atoms with van der Waals surface area (Å²) >= 11 is 1.24. The molecule has 0 aliphatic rings. The van der Waals surface area contributed by atoms with E-state index in [0.29, 0.717) is 0 Å². The van der Waals surface area contributed by atoms with Crippen LogP contribution in [0.15, 0.2) is 0 Å². The topological polar surface area (TPSA) is 49.3 Å². The van der Waals surface area contributed by atoms with Crippen LogP contribution in [0, 0.1) is 0 Å². The quantitative estimate of drug-likeness (QED) is 0.472. The minimum Gasteiger partial charge on any atom is -0.464 e. The van der Waals surface area contributed by atoms with Gasteiger partial charge in [-0.15, -0.1) is 0 Å². The first kappa shape index (κ1) is 8.62. The Morgan fingerprint density at radius 3 is 2.89 bits per heavy atom. The lowest BCUT2D eigenvalue weighted by Gasteiger charge is -1.95. The molecule has 0 spiro atoms. The van der Waals surface area contributed by atoms with E-state index in [2.05, 4.69) is 11.6 Å². The first-order valence-electron chi connectivity index (χ1n) is 2.88. The van der Waals surface area contributed by atoms with Crippen molar-refractivity contribution in [2.75, 3.05) is 5.75 Å². The number of carbonyl (C=O) groups is 1. The van der Waals surface area contributed by atoms with E-state index >= 15 is 0 Å². The Labute approximate surface area is 59.0 Å². The lowest BCUT2D eigenvalue weighted by molar-refractivity contribution is 0.202. The van der Waals surface area contributed by atoms with Gasteiger partial charge < -0.3 is 5.11 Å². The van der Waals surface area contributed by atoms with Crippen molar-refractivity contribution in [1.82, 2.24) is 4.72 Å². The third-order valence-electron chi connectivity index (χ3n) is 0.759. The number of unbranched alkanes of at least 4 members (excludes halogenated alkanes) is 1. The third kappa shape index (κ3) is 7.62. The number of hydrogen-bond donors (Lipinski definition) is 2. The molecule has 0 aromatic heterocycles. The van der Waals surface area contributed by atoms with E-state index in [4.69, 9.17) is 5.11 Å². The zero-order chi connectivity index (χ0) is 7.11. The Morgan fingerprint density at radius 2 is 2.44 bits per heavy atom. The summed E-state index contributed by atoms with van der Waals surface area (Å²) in [6, 6.07) is 0. The van der Waals surface area contributed by atoms with Crippen LogP contribution in [0.25, 0.3) is 0 Å². The second kappa shape index (κ2) is 5.75. The number of rotatable bonds is 4. The number of carboxylic acid groups (broad SMARTS) is 1. The zero-order valence-corrected chi connectivity index (χ0v) is 6.20. The minimum atomic E-state index is -0.962. The van der Waals surface area contributed by atoms with Crippen LogP contribution in [0.5, 0.6) is 0 Å². The molecule has 0 bridgehead atoms. The molecule has 0 aliphatic carbocycles. The van der Waals surface area contributed by atoms with Gasteiger partial charge in [0.15, 0.2) is 0 Å². The molecule has 2 N–H and O–H groups in total. The summed E-state index contributed by atoms with van der Waals surface area (Å²) in [6.07, 6.45) is 1.20. The summed E-state index contributed by atoms with van der Waals surface area (Å²) < 4.78 is 2.21. The molecule has 0 rings (SSSR count). The van der Waals surface area contributed by atoms with Crippen molar-refractivity contribution < 1.29 is 9.90 Å². The number of amides is 1. The smallest absolute Gasteiger partial charge is 0.414 e. The molecule has 3 nitrogen and oxygen atoms in total. The SMILES string of the molecule is CCCCSNC(=O)O. The van der Waals surface area contributed by atoms with Crippen molar-refractivity contribution in [2.24, 2.45) is 0 Å². The summed E-state index contributed by atoms with van der Waals surface area (Å²) in [7, 11) is 0. The van der Waals surface area contributed by atoms with E-state index in [9.17, 15) is 4.79 Å². The van der Waals surface area contributed by atoms with Crippen LogP contribution in [-0.2, 0) is 0 Å². The Bertz CT molecular complexity index is 87.0. The van der Waals surface area contributed by atoms with Gasteiger partial charge in [-0.2, -0.15) is 0 Å². The Balaban J connectivity index is 2.83. The van der Waals surface area contributed by atoms with Gasteiger partial charge in [-0.25, -0.2) is 4.79 Å². The van der Waals surface area contributed by atoms with Crippen molar-refractivity contribution in [3.05, 3.63) is 0 Å². The Kier molecular flexibility index (Phi) is 5.51. The van der Waals surface area contributed by atoms with E-state index < -0.39 is 6.09 Å². The van der Waals surface area contributed by atoms with E-state index in [1.54, 1.807) is 0 Å². The van der Waals surface area contributed by atoms with Crippen LogP contribution >= 0.6 is 11.9 Å². The van der Waals surface area contributed by atoms with Crippen LogP contribution < -0.4 is 4.72 Å². The van der Waals surface area contributed by atoms with E-state index in [-0.39, 0.29) is 0 Å². The average Bonchev–Trinajstić information content (AvgIpc) is 1.80. The third-order valence-corrected chi connectivity index (χ3v) is 1.57. The van der Waals surface area contributed by atoms with Crippen LogP contribution in [0.3, 0.4) is 0 Å². The predicted octanol–water partition coefficient (Wildman–Crippen LogP) is 1.70. The molecule has 0 aromatic carbocycles. The van der Waals surface area contributed by atoms with E-state index in [1.807, 2.05) is 0 Å². The minimum absolute atomic E-state index is 0.864. The molecule has 4 heteroatoms. The van der Waals surface area contributed by atoms with Gasteiger partial charge in [0.05, 0.1) is 0 Å². The van der Waals surface area contributed by atoms with Crippen molar-refractivity contribution >= 4 is 18.0 Å². The average molecular weight is 149 g/mol.